The molecule has 0 aliphatic carbocycles. The summed E-state index contributed by atoms with van der Waals surface area (Å²) in [6, 6.07) is 13.6. The van der Waals surface area contributed by atoms with Crippen molar-refractivity contribution in [3.8, 4) is 28.5 Å². The van der Waals surface area contributed by atoms with E-state index in [-0.39, 0.29) is 17.1 Å². The number of anilines is 1. The number of hydrogen-bond acceptors (Lipinski definition) is 5. The molecule has 0 radical (unpaired) electrons. The SMILES string of the molecule is CC(C)N1c2nc(-c3c[nH]c4ccc(-c5ccc(C#N)nc5)cc34)cc(=O)n2CC1(C)C. The van der Waals surface area contributed by atoms with Gasteiger partial charge >= 0.3 is 0 Å². The molecule has 1 aliphatic rings. The largest absolute Gasteiger partial charge is 0.360 e. The van der Waals surface area contributed by atoms with Gasteiger partial charge in [0.1, 0.15) is 11.8 Å². The molecule has 4 heterocycles. The number of nitrogens with one attached hydrogen (secondary N) is 1. The van der Waals surface area contributed by atoms with Gasteiger partial charge in [0.25, 0.3) is 5.56 Å². The van der Waals surface area contributed by atoms with Gasteiger partial charge in [0.15, 0.2) is 0 Å². The van der Waals surface area contributed by atoms with E-state index in [1.807, 2.05) is 30.5 Å². The molecule has 0 amide bonds. The second-order valence-electron chi connectivity index (χ2n) is 9.15. The van der Waals surface area contributed by atoms with Crippen molar-refractivity contribution in [1.29, 1.82) is 5.26 Å². The summed E-state index contributed by atoms with van der Waals surface area (Å²) in [6.07, 6.45) is 3.61. The number of fused-ring (bicyclic) bond motifs is 2. The zero-order valence-corrected chi connectivity index (χ0v) is 18.5. The van der Waals surface area contributed by atoms with Crippen LogP contribution in [0.2, 0.25) is 0 Å². The van der Waals surface area contributed by atoms with Crippen molar-refractivity contribution >= 4 is 16.9 Å². The van der Waals surface area contributed by atoms with Crippen molar-refractivity contribution < 1.29 is 0 Å². The van der Waals surface area contributed by atoms with Crippen molar-refractivity contribution in [1.82, 2.24) is 19.5 Å². The van der Waals surface area contributed by atoms with E-state index in [0.29, 0.717) is 23.9 Å². The number of nitriles is 1. The molecule has 0 unspecified atom stereocenters. The lowest BCUT2D eigenvalue weighted by molar-refractivity contribution is 0.425. The Hall–Kier alpha value is -3.92. The van der Waals surface area contributed by atoms with E-state index >= 15 is 0 Å². The molecule has 0 fully saturated rings. The van der Waals surface area contributed by atoms with Gasteiger partial charge in [-0.25, -0.2) is 9.97 Å². The third kappa shape index (κ3) is 3.07. The van der Waals surface area contributed by atoms with Gasteiger partial charge in [0.05, 0.1) is 17.8 Å². The van der Waals surface area contributed by atoms with Crippen LogP contribution in [0.1, 0.15) is 33.4 Å². The van der Waals surface area contributed by atoms with Crippen LogP contribution in [0.15, 0.2) is 53.6 Å². The van der Waals surface area contributed by atoms with Gasteiger partial charge in [-0.1, -0.05) is 6.07 Å². The number of nitrogens with zero attached hydrogens (tertiary/aromatic N) is 5. The summed E-state index contributed by atoms with van der Waals surface area (Å²) in [7, 11) is 0. The van der Waals surface area contributed by atoms with E-state index in [1.54, 1.807) is 22.9 Å². The Balaban J connectivity index is 1.65. The maximum absolute atomic E-state index is 13.0. The Bertz CT molecular complexity index is 1440. The molecule has 1 aliphatic heterocycles. The van der Waals surface area contributed by atoms with Crippen molar-refractivity contribution in [3.63, 3.8) is 0 Å². The fraction of sp³-hybridized carbons (Fsp3) is 0.280. The number of benzene rings is 1. The van der Waals surface area contributed by atoms with E-state index in [0.717, 1.165) is 27.6 Å². The van der Waals surface area contributed by atoms with Crippen LogP contribution >= 0.6 is 0 Å². The summed E-state index contributed by atoms with van der Waals surface area (Å²) in [5.41, 5.74) is 4.59. The first kappa shape index (κ1) is 20.0. The molecule has 7 nitrogen and oxygen atoms in total. The Morgan fingerprint density at radius 1 is 1.16 bits per heavy atom. The van der Waals surface area contributed by atoms with E-state index in [1.165, 1.54) is 0 Å². The van der Waals surface area contributed by atoms with Gasteiger partial charge in [-0.15, -0.1) is 0 Å². The highest BCUT2D eigenvalue weighted by Crippen LogP contribution is 2.36. The lowest BCUT2D eigenvalue weighted by Crippen LogP contribution is -2.45. The van der Waals surface area contributed by atoms with Crippen LogP contribution in [0.4, 0.5) is 5.95 Å². The molecule has 3 aromatic heterocycles. The monoisotopic (exact) mass is 424 g/mol. The first-order valence-electron chi connectivity index (χ1n) is 10.7. The van der Waals surface area contributed by atoms with E-state index < -0.39 is 0 Å². The molecule has 0 saturated carbocycles. The fourth-order valence-corrected chi connectivity index (χ4v) is 4.77. The van der Waals surface area contributed by atoms with Crippen LogP contribution in [0.25, 0.3) is 33.3 Å². The van der Waals surface area contributed by atoms with Gasteiger partial charge in [0.2, 0.25) is 5.95 Å². The molecule has 7 heteroatoms. The first-order valence-corrected chi connectivity index (χ1v) is 10.7. The van der Waals surface area contributed by atoms with E-state index in [2.05, 4.69) is 48.6 Å². The van der Waals surface area contributed by atoms with Crippen molar-refractivity contribution in [3.05, 3.63) is 64.8 Å². The zero-order chi connectivity index (χ0) is 22.6. The van der Waals surface area contributed by atoms with Gasteiger partial charge < -0.3 is 9.88 Å². The minimum Gasteiger partial charge on any atom is -0.360 e. The van der Waals surface area contributed by atoms with Crippen molar-refractivity contribution in [2.45, 2.75) is 45.8 Å². The average molecular weight is 425 g/mol. The second kappa shape index (κ2) is 7.06. The Kier molecular flexibility index (Phi) is 4.41. The van der Waals surface area contributed by atoms with E-state index in [4.69, 9.17) is 10.2 Å². The van der Waals surface area contributed by atoms with E-state index in [9.17, 15) is 4.79 Å². The minimum absolute atomic E-state index is 0.0389. The number of aromatic nitrogens is 4. The number of rotatable bonds is 3. The van der Waals surface area contributed by atoms with Gasteiger partial charge in [-0.05, 0) is 57.5 Å². The highest BCUT2D eigenvalue weighted by atomic mass is 16.1. The predicted molar refractivity (Wildman–Crippen MR) is 125 cm³/mol. The normalized spacial score (nSPS) is 14.7. The van der Waals surface area contributed by atoms with Crippen LogP contribution < -0.4 is 10.5 Å². The topological polar surface area (TPSA) is 90.6 Å². The molecule has 0 spiro atoms. The highest BCUT2D eigenvalue weighted by molar-refractivity contribution is 5.97. The maximum atomic E-state index is 13.0. The summed E-state index contributed by atoms with van der Waals surface area (Å²) in [5.74, 6) is 0.717. The van der Waals surface area contributed by atoms with Crippen LogP contribution in [-0.4, -0.2) is 31.1 Å². The molecular weight excluding hydrogens is 400 g/mol. The smallest absolute Gasteiger partial charge is 0.255 e. The molecule has 0 bridgehead atoms. The predicted octanol–water partition coefficient (Wildman–Crippen LogP) is 4.33. The first-order chi connectivity index (χ1) is 15.3. The summed E-state index contributed by atoms with van der Waals surface area (Å²) < 4.78 is 1.77. The third-order valence-corrected chi connectivity index (χ3v) is 6.09. The highest BCUT2D eigenvalue weighted by Gasteiger charge is 2.39. The van der Waals surface area contributed by atoms with Crippen LogP contribution in [0.3, 0.4) is 0 Å². The lowest BCUT2D eigenvalue weighted by atomic mass is 10.0. The Labute approximate surface area is 186 Å². The maximum Gasteiger partial charge on any atom is 0.255 e. The zero-order valence-electron chi connectivity index (χ0n) is 18.5. The molecule has 5 rings (SSSR count). The second-order valence-corrected chi connectivity index (χ2v) is 9.15. The molecule has 160 valence electrons. The number of aromatic amines is 1. The molecule has 1 aromatic carbocycles. The molecule has 1 N–H and O–H groups in total. The van der Waals surface area contributed by atoms with Crippen LogP contribution in [0, 0.1) is 11.3 Å². The average Bonchev–Trinajstić information content (AvgIpc) is 3.30. The van der Waals surface area contributed by atoms with Crippen LogP contribution in [-0.2, 0) is 6.54 Å². The fourth-order valence-electron chi connectivity index (χ4n) is 4.77. The number of hydrogen-bond donors (Lipinski definition) is 1. The molecule has 4 aromatic rings. The molecule has 0 saturated heterocycles. The molecule has 0 atom stereocenters. The summed E-state index contributed by atoms with van der Waals surface area (Å²) in [4.78, 5) is 27.7. The Morgan fingerprint density at radius 3 is 2.62 bits per heavy atom. The summed E-state index contributed by atoms with van der Waals surface area (Å²) >= 11 is 0. The van der Waals surface area contributed by atoms with Crippen molar-refractivity contribution in [2.24, 2.45) is 0 Å². The van der Waals surface area contributed by atoms with Gasteiger partial charge in [-0.2, -0.15) is 5.26 Å². The minimum atomic E-state index is -0.179. The Morgan fingerprint density at radius 2 is 1.94 bits per heavy atom. The summed E-state index contributed by atoms with van der Waals surface area (Å²) in [5, 5.41) is 9.98. The standard InChI is InChI=1S/C25H24N6O/c1-15(2)31-24-29-22(10-23(32)30(24)14-25(31,3)4)20-13-28-21-8-6-16(9-19(20)21)17-5-7-18(11-26)27-12-17/h5-10,12-13,15,28H,14H2,1-4H3. The molecule has 32 heavy (non-hydrogen) atoms. The van der Waals surface area contributed by atoms with Crippen LogP contribution in [0.5, 0.6) is 0 Å². The number of pyridine rings is 1. The quantitative estimate of drug-likeness (QED) is 0.529. The van der Waals surface area contributed by atoms with Gasteiger partial charge in [-0.3, -0.25) is 9.36 Å². The van der Waals surface area contributed by atoms with Crippen molar-refractivity contribution in [2.75, 3.05) is 4.90 Å². The van der Waals surface area contributed by atoms with Gasteiger partial charge in [0, 0.05) is 46.5 Å². The molecular formula is C25H24N6O. The lowest BCUT2D eigenvalue weighted by Gasteiger charge is -2.35. The summed E-state index contributed by atoms with van der Waals surface area (Å²) in [6.45, 7) is 9.16. The third-order valence-electron chi connectivity index (χ3n) is 6.09. The number of H-pyrrole nitrogens is 1.